The number of nitrogens with two attached hydrogens (primary N) is 1. The predicted molar refractivity (Wildman–Crippen MR) is 200 cm³/mol. The molecule has 50 heavy (non-hydrogen) atoms. The number of carbonyl (C=O) groups is 2. The van der Waals surface area contributed by atoms with Gasteiger partial charge in [0.25, 0.3) is 5.91 Å². The van der Waals surface area contributed by atoms with E-state index in [1.807, 2.05) is 18.2 Å². The van der Waals surface area contributed by atoms with Gasteiger partial charge in [0.05, 0.1) is 18.5 Å². The van der Waals surface area contributed by atoms with Crippen molar-refractivity contribution in [2.24, 2.45) is 5.73 Å². The summed E-state index contributed by atoms with van der Waals surface area (Å²) in [7, 11) is 1.56. The zero-order valence-electron chi connectivity index (χ0n) is 30.3. The second-order valence-electron chi connectivity index (χ2n) is 13.6. The van der Waals surface area contributed by atoms with E-state index in [1.54, 1.807) is 50.4 Å². The van der Waals surface area contributed by atoms with Gasteiger partial charge in [-0.1, -0.05) is 65.8 Å². The summed E-state index contributed by atoms with van der Waals surface area (Å²) in [5.41, 5.74) is 9.41. The van der Waals surface area contributed by atoms with Crippen LogP contribution in [0, 0.1) is 0 Å². The number of ether oxygens (including phenoxy) is 3. The molecule has 4 aromatic carbocycles. The molecule has 0 aliphatic heterocycles. The van der Waals surface area contributed by atoms with Crippen molar-refractivity contribution in [2.45, 2.75) is 84.8 Å². The summed E-state index contributed by atoms with van der Waals surface area (Å²) >= 11 is 0. The number of anilines is 3. The smallest absolute Gasteiger partial charge is 0.323 e. The molecule has 0 aliphatic rings. The van der Waals surface area contributed by atoms with Gasteiger partial charge >= 0.3 is 6.03 Å². The maximum absolute atomic E-state index is 13.7. The fourth-order valence-corrected chi connectivity index (χ4v) is 5.09. The molecule has 1 atom stereocenters. The van der Waals surface area contributed by atoms with Crippen LogP contribution in [0.1, 0.15) is 78.0 Å². The Kier molecular flexibility index (Phi) is 12.0. The molecule has 0 spiro atoms. The minimum Gasteiger partial charge on any atom is -0.506 e. The highest BCUT2D eigenvalue weighted by Gasteiger charge is 2.28. The van der Waals surface area contributed by atoms with Crippen molar-refractivity contribution in [3.63, 3.8) is 0 Å². The Morgan fingerprint density at radius 2 is 1.42 bits per heavy atom. The third-order valence-electron chi connectivity index (χ3n) is 9.27. The molecule has 1 unspecified atom stereocenters. The van der Waals surface area contributed by atoms with Crippen molar-refractivity contribution < 1.29 is 28.9 Å². The molecule has 4 rings (SSSR count). The number of nitrogens with one attached hydrogen (secondary N) is 3. The lowest BCUT2D eigenvalue weighted by Gasteiger charge is -2.31. The average Bonchev–Trinajstić information content (AvgIpc) is 3.10. The minimum atomic E-state index is -0.906. The van der Waals surface area contributed by atoms with Crippen LogP contribution in [0.4, 0.5) is 21.9 Å². The van der Waals surface area contributed by atoms with Gasteiger partial charge in [0.2, 0.25) is 0 Å². The van der Waals surface area contributed by atoms with E-state index in [2.05, 4.69) is 69.6 Å². The van der Waals surface area contributed by atoms with E-state index in [9.17, 15) is 14.7 Å². The average molecular weight is 683 g/mol. The molecule has 10 heteroatoms. The van der Waals surface area contributed by atoms with Gasteiger partial charge in [-0.05, 0) is 84.2 Å². The van der Waals surface area contributed by atoms with Crippen LogP contribution in [0.15, 0.2) is 78.9 Å². The van der Waals surface area contributed by atoms with Crippen molar-refractivity contribution in [1.29, 1.82) is 0 Å². The third kappa shape index (κ3) is 9.26. The Balaban J connectivity index is 1.60. The number of carbonyl (C=O) groups excluding carboxylic acids is 2. The highest BCUT2D eigenvalue weighted by Crippen LogP contribution is 2.41. The second kappa shape index (κ2) is 16.0. The monoisotopic (exact) mass is 682 g/mol. The summed E-state index contributed by atoms with van der Waals surface area (Å²) < 4.78 is 17.7. The van der Waals surface area contributed by atoms with E-state index in [0.29, 0.717) is 29.5 Å². The molecule has 4 aromatic rings. The Morgan fingerprint density at radius 1 is 0.780 bits per heavy atom. The van der Waals surface area contributed by atoms with Gasteiger partial charge in [-0.3, -0.25) is 4.79 Å². The normalized spacial score (nSPS) is 12.1. The number of phenolic OH excluding ortho intramolecular Hbond substituents is 1. The second-order valence-corrected chi connectivity index (χ2v) is 13.6. The van der Waals surface area contributed by atoms with Crippen LogP contribution in [0.5, 0.6) is 28.7 Å². The lowest BCUT2D eigenvalue weighted by atomic mass is 9.76. The number of hydrogen-bond acceptors (Lipinski definition) is 7. The highest BCUT2D eigenvalue weighted by atomic mass is 16.5. The molecule has 0 saturated heterocycles. The van der Waals surface area contributed by atoms with Crippen LogP contribution in [-0.2, 0) is 22.2 Å². The molecule has 0 heterocycles. The predicted octanol–water partition coefficient (Wildman–Crippen LogP) is 9.08. The highest BCUT2D eigenvalue weighted by molar-refractivity contribution is 6.02. The zero-order chi connectivity index (χ0) is 36.6. The van der Waals surface area contributed by atoms with Crippen molar-refractivity contribution in [3.05, 3.63) is 95.6 Å². The SMILES string of the molecule is CCC(C)(C)c1ccc(OC(C)C(=O)Nc2cc(O)c(NC(=O)Nc3ccc(CN)cc3)cc2Oc2ccc(OC)cc2)c(C(C)(C)CC)c1. The summed E-state index contributed by atoms with van der Waals surface area (Å²) in [6.45, 7) is 15.1. The summed E-state index contributed by atoms with van der Waals surface area (Å²) in [6.07, 6.45) is 0.953. The Morgan fingerprint density at radius 3 is 2.02 bits per heavy atom. The molecular weight excluding hydrogens is 632 g/mol. The summed E-state index contributed by atoms with van der Waals surface area (Å²) in [5, 5.41) is 19.2. The Labute approximate surface area is 295 Å². The van der Waals surface area contributed by atoms with Crippen molar-refractivity contribution in [2.75, 3.05) is 23.1 Å². The molecule has 0 saturated carbocycles. The largest absolute Gasteiger partial charge is 0.506 e. The number of amides is 3. The van der Waals surface area contributed by atoms with Crippen LogP contribution in [0.2, 0.25) is 0 Å². The first kappa shape index (κ1) is 37.6. The number of methoxy groups -OCH3 is 1. The van der Waals surface area contributed by atoms with Crippen LogP contribution < -0.4 is 35.9 Å². The molecule has 6 N–H and O–H groups in total. The fourth-order valence-electron chi connectivity index (χ4n) is 5.09. The van der Waals surface area contributed by atoms with Crippen molar-refractivity contribution in [3.8, 4) is 28.7 Å². The van der Waals surface area contributed by atoms with Crippen molar-refractivity contribution in [1.82, 2.24) is 0 Å². The molecular formula is C40H50N4O6. The number of hydrogen-bond donors (Lipinski definition) is 5. The standard InChI is InChI=1S/C40H50N4O6/c1-9-39(4,5)27-13-20-35(31(21-27)40(6,7)10-2)49-25(3)37(46)43-33-22-34(45)32(23-36(33)50-30-18-16-29(48-8)17-19-30)44-38(47)42-28-14-11-26(24-41)12-15-28/h11-23,25,45H,9-10,24,41H2,1-8H3,(H,43,46)(H2,42,44,47). The van der Waals surface area contributed by atoms with Crippen LogP contribution >= 0.6 is 0 Å². The van der Waals surface area contributed by atoms with Gasteiger partial charge in [0, 0.05) is 29.9 Å². The Bertz CT molecular complexity index is 1790. The lowest BCUT2D eigenvalue weighted by Crippen LogP contribution is -2.31. The molecule has 3 amide bonds. The minimum absolute atomic E-state index is 0.0137. The van der Waals surface area contributed by atoms with Crippen LogP contribution in [0.3, 0.4) is 0 Å². The van der Waals surface area contributed by atoms with Crippen molar-refractivity contribution >= 4 is 29.0 Å². The van der Waals surface area contributed by atoms with Crippen LogP contribution in [0.25, 0.3) is 0 Å². The van der Waals surface area contributed by atoms with Gasteiger partial charge in [0.1, 0.15) is 23.0 Å². The molecule has 0 radical (unpaired) electrons. The zero-order valence-corrected chi connectivity index (χ0v) is 30.3. The van der Waals surface area contributed by atoms with E-state index < -0.39 is 18.0 Å². The number of urea groups is 1. The van der Waals surface area contributed by atoms with E-state index in [4.69, 9.17) is 19.9 Å². The third-order valence-corrected chi connectivity index (χ3v) is 9.27. The number of aromatic hydroxyl groups is 1. The maximum atomic E-state index is 13.7. The van der Waals surface area contributed by atoms with Gasteiger partial charge in [-0.25, -0.2) is 4.79 Å². The van der Waals surface area contributed by atoms with E-state index in [-0.39, 0.29) is 33.7 Å². The fraction of sp³-hybridized carbons (Fsp3) is 0.350. The first-order chi connectivity index (χ1) is 23.7. The first-order valence-corrected chi connectivity index (χ1v) is 16.9. The summed E-state index contributed by atoms with van der Waals surface area (Å²) in [5.74, 6) is 1.14. The Hall–Kier alpha value is -5.22. The van der Waals surface area contributed by atoms with E-state index in [0.717, 1.165) is 24.0 Å². The quantitative estimate of drug-likeness (QED) is 0.0835. The van der Waals surface area contributed by atoms with E-state index in [1.165, 1.54) is 17.7 Å². The van der Waals surface area contributed by atoms with Gasteiger partial charge in [0.15, 0.2) is 11.9 Å². The van der Waals surface area contributed by atoms with Gasteiger partial charge in [-0.2, -0.15) is 0 Å². The first-order valence-electron chi connectivity index (χ1n) is 16.9. The maximum Gasteiger partial charge on any atom is 0.323 e. The molecule has 10 nitrogen and oxygen atoms in total. The topological polar surface area (TPSA) is 144 Å². The molecule has 0 aliphatic carbocycles. The summed E-state index contributed by atoms with van der Waals surface area (Å²) in [4.78, 5) is 26.5. The molecule has 0 aromatic heterocycles. The lowest BCUT2D eigenvalue weighted by molar-refractivity contribution is -0.122. The molecule has 266 valence electrons. The van der Waals surface area contributed by atoms with Crippen LogP contribution in [-0.4, -0.2) is 30.3 Å². The number of rotatable bonds is 14. The van der Waals surface area contributed by atoms with Gasteiger partial charge in [-0.15, -0.1) is 0 Å². The summed E-state index contributed by atoms with van der Waals surface area (Å²) in [6, 6.07) is 22.3. The molecule has 0 fully saturated rings. The van der Waals surface area contributed by atoms with Gasteiger partial charge < -0.3 is 41.0 Å². The van der Waals surface area contributed by atoms with E-state index >= 15 is 0 Å². The number of benzene rings is 4. The molecule has 0 bridgehead atoms. The number of phenols is 1.